The van der Waals surface area contributed by atoms with Crippen molar-refractivity contribution in [2.24, 2.45) is 0 Å². The van der Waals surface area contributed by atoms with Gasteiger partial charge in [0.1, 0.15) is 16.2 Å². The van der Waals surface area contributed by atoms with Crippen LogP contribution in [0.3, 0.4) is 0 Å². The summed E-state index contributed by atoms with van der Waals surface area (Å²) in [5, 5.41) is 9.97. The van der Waals surface area contributed by atoms with Crippen LogP contribution in [0.15, 0.2) is 29.2 Å². The highest BCUT2D eigenvalue weighted by Gasteiger charge is 2.16. The summed E-state index contributed by atoms with van der Waals surface area (Å²) in [5.74, 6) is -0.0255. The van der Waals surface area contributed by atoms with Gasteiger partial charge in [0.15, 0.2) is 0 Å². The lowest BCUT2D eigenvalue weighted by molar-refractivity contribution is 0.477. The number of phenolic OH excluding ortho intramolecular Hbond substituents is 1. The topological polar surface area (TPSA) is 87.5 Å². The number of pyridine rings is 1. The molecule has 84 valence electrons. The molecule has 0 atom stereocenters. The molecule has 0 fully saturated rings. The fraction of sp³-hybridized carbons (Fsp3) is 0.100. The number of aromatic nitrogens is 1. The molecule has 0 aliphatic rings. The molecule has 0 saturated carbocycles. The van der Waals surface area contributed by atoms with Crippen LogP contribution in [0.5, 0.6) is 5.75 Å². The van der Waals surface area contributed by atoms with E-state index < -0.39 is 10.1 Å². The minimum Gasteiger partial charge on any atom is -0.506 e. The molecular weight excluding hydrogens is 230 g/mol. The predicted molar refractivity (Wildman–Crippen MR) is 58.0 cm³/mol. The predicted octanol–water partition coefficient (Wildman–Crippen LogP) is 1.50. The summed E-state index contributed by atoms with van der Waals surface area (Å²) >= 11 is 0. The first-order valence-corrected chi connectivity index (χ1v) is 5.90. The Balaban J connectivity index is 2.88. The van der Waals surface area contributed by atoms with Crippen molar-refractivity contribution in [3.05, 3.63) is 30.0 Å². The lowest BCUT2D eigenvalue weighted by atomic mass is 10.2. The van der Waals surface area contributed by atoms with E-state index >= 15 is 0 Å². The molecule has 0 radical (unpaired) electrons. The number of rotatable bonds is 1. The Morgan fingerprint density at radius 2 is 2.00 bits per heavy atom. The molecule has 0 bridgehead atoms. The number of hydrogen-bond donors (Lipinski definition) is 2. The molecule has 2 rings (SSSR count). The Bertz CT molecular complexity index is 664. The summed E-state index contributed by atoms with van der Waals surface area (Å²) in [6.07, 6.45) is 0. The van der Waals surface area contributed by atoms with Crippen LogP contribution >= 0.6 is 0 Å². The number of aryl methyl sites for hydroxylation is 1. The van der Waals surface area contributed by atoms with Crippen LogP contribution in [-0.4, -0.2) is 23.1 Å². The maximum absolute atomic E-state index is 11.0. The molecule has 0 amide bonds. The van der Waals surface area contributed by atoms with Crippen LogP contribution in [0, 0.1) is 6.92 Å². The number of aromatic hydroxyl groups is 1. The van der Waals surface area contributed by atoms with Crippen molar-refractivity contribution >= 4 is 21.0 Å². The molecule has 0 aliphatic heterocycles. The Hall–Kier alpha value is -1.66. The minimum absolute atomic E-state index is 0.0255. The highest BCUT2D eigenvalue weighted by Crippen LogP contribution is 2.26. The van der Waals surface area contributed by atoms with Gasteiger partial charge in [0.05, 0.1) is 5.69 Å². The maximum atomic E-state index is 11.0. The van der Waals surface area contributed by atoms with Crippen molar-refractivity contribution in [2.45, 2.75) is 11.8 Å². The zero-order valence-corrected chi connectivity index (χ0v) is 9.19. The number of benzene rings is 1. The van der Waals surface area contributed by atoms with Crippen molar-refractivity contribution in [1.82, 2.24) is 4.98 Å². The zero-order chi connectivity index (χ0) is 11.9. The summed E-state index contributed by atoms with van der Waals surface area (Å²) in [5.41, 5.74) is 0.462. The van der Waals surface area contributed by atoms with E-state index in [1.54, 1.807) is 12.1 Å². The molecule has 1 aromatic carbocycles. The SMILES string of the molecule is Cc1nc2c(O)cccc2cc1S(=O)(=O)O. The largest absolute Gasteiger partial charge is 0.506 e. The molecule has 1 aromatic heterocycles. The van der Waals surface area contributed by atoms with E-state index in [2.05, 4.69) is 4.98 Å². The average Bonchev–Trinajstić information content (AvgIpc) is 2.17. The highest BCUT2D eigenvalue weighted by molar-refractivity contribution is 7.85. The van der Waals surface area contributed by atoms with E-state index in [9.17, 15) is 13.5 Å². The van der Waals surface area contributed by atoms with Gasteiger partial charge in [0.25, 0.3) is 10.1 Å². The second kappa shape index (κ2) is 3.43. The Morgan fingerprint density at radius 1 is 1.31 bits per heavy atom. The second-order valence-electron chi connectivity index (χ2n) is 3.40. The third-order valence-corrected chi connectivity index (χ3v) is 3.22. The van der Waals surface area contributed by atoms with Crippen LogP contribution in [0.4, 0.5) is 0 Å². The molecule has 2 aromatic rings. The van der Waals surface area contributed by atoms with Gasteiger partial charge in [-0.3, -0.25) is 4.55 Å². The van der Waals surface area contributed by atoms with Crippen LogP contribution < -0.4 is 0 Å². The van der Waals surface area contributed by atoms with Gasteiger partial charge in [-0.05, 0) is 19.1 Å². The molecule has 5 nitrogen and oxygen atoms in total. The number of fused-ring (bicyclic) bond motifs is 1. The lowest BCUT2D eigenvalue weighted by Crippen LogP contribution is -2.02. The van der Waals surface area contributed by atoms with Crippen molar-refractivity contribution in [2.75, 3.05) is 0 Å². The van der Waals surface area contributed by atoms with Crippen LogP contribution in [0.1, 0.15) is 5.69 Å². The van der Waals surface area contributed by atoms with Crippen molar-refractivity contribution in [3.63, 3.8) is 0 Å². The van der Waals surface area contributed by atoms with Gasteiger partial charge in [-0.1, -0.05) is 12.1 Å². The first-order chi connectivity index (χ1) is 7.39. The average molecular weight is 239 g/mol. The van der Waals surface area contributed by atoms with Crippen LogP contribution in [0.2, 0.25) is 0 Å². The van der Waals surface area contributed by atoms with Crippen molar-refractivity contribution in [3.8, 4) is 5.75 Å². The number of nitrogens with zero attached hydrogens (tertiary/aromatic N) is 1. The molecular formula is C10H9NO4S. The summed E-state index contributed by atoms with van der Waals surface area (Å²) in [7, 11) is -4.28. The fourth-order valence-electron chi connectivity index (χ4n) is 1.52. The lowest BCUT2D eigenvalue weighted by Gasteiger charge is -2.05. The molecule has 2 N–H and O–H groups in total. The van der Waals surface area contributed by atoms with E-state index in [0.717, 1.165) is 0 Å². The Kier molecular flexibility index (Phi) is 2.32. The van der Waals surface area contributed by atoms with E-state index in [0.29, 0.717) is 10.9 Å². The van der Waals surface area contributed by atoms with E-state index in [1.165, 1.54) is 19.1 Å². The fourth-order valence-corrected chi connectivity index (χ4v) is 2.21. The molecule has 1 heterocycles. The van der Waals surface area contributed by atoms with Crippen LogP contribution in [0.25, 0.3) is 10.9 Å². The van der Waals surface area contributed by atoms with Crippen LogP contribution in [-0.2, 0) is 10.1 Å². The smallest absolute Gasteiger partial charge is 0.296 e. The summed E-state index contributed by atoms with van der Waals surface area (Å²) in [4.78, 5) is 3.71. The first kappa shape index (κ1) is 10.8. The maximum Gasteiger partial charge on any atom is 0.296 e. The molecule has 0 aliphatic carbocycles. The third kappa shape index (κ3) is 1.72. The minimum atomic E-state index is -4.28. The Labute approximate surface area is 92.1 Å². The monoisotopic (exact) mass is 239 g/mol. The van der Waals surface area contributed by atoms with Crippen molar-refractivity contribution < 1.29 is 18.1 Å². The van der Waals surface area contributed by atoms with Gasteiger partial charge in [-0.15, -0.1) is 0 Å². The Morgan fingerprint density at radius 3 is 2.62 bits per heavy atom. The van der Waals surface area contributed by atoms with Gasteiger partial charge in [0, 0.05) is 5.39 Å². The normalized spacial score (nSPS) is 11.9. The summed E-state index contributed by atoms with van der Waals surface area (Å²) < 4.78 is 31.0. The van der Waals surface area contributed by atoms with E-state index in [1.807, 2.05) is 0 Å². The third-order valence-electron chi connectivity index (χ3n) is 2.25. The van der Waals surface area contributed by atoms with E-state index in [4.69, 9.17) is 4.55 Å². The zero-order valence-electron chi connectivity index (χ0n) is 8.38. The quantitative estimate of drug-likeness (QED) is 0.736. The molecule has 0 spiro atoms. The number of para-hydroxylation sites is 1. The van der Waals surface area contributed by atoms with Gasteiger partial charge < -0.3 is 5.11 Å². The van der Waals surface area contributed by atoms with Crippen molar-refractivity contribution in [1.29, 1.82) is 0 Å². The second-order valence-corrected chi connectivity index (χ2v) is 4.79. The summed E-state index contributed by atoms with van der Waals surface area (Å²) in [6, 6.07) is 5.92. The molecule has 6 heteroatoms. The number of phenols is 1. The van der Waals surface area contributed by atoms with Gasteiger partial charge in [-0.25, -0.2) is 4.98 Å². The highest BCUT2D eigenvalue weighted by atomic mass is 32.2. The van der Waals surface area contributed by atoms with E-state index in [-0.39, 0.29) is 16.3 Å². The standard InChI is InChI=1S/C10H9NO4S/c1-6-9(16(13,14)15)5-7-3-2-4-8(12)10(7)11-6/h2-5,12H,1H3,(H,13,14,15). The molecule has 0 saturated heterocycles. The number of hydrogen-bond acceptors (Lipinski definition) is 4. The first-order valence-electron chi connectivity index (χ1n) is 4.46. The van der Waals surface area contributed by atoms with Gasteiger partial charge in [-0.2, -0.15) is 8.42 Å². The molecule has 0 unspecified atom stereocenters. The summed E-state index contributed by atoms with van der Waals surface area (Å²) in [6.45, 7) is 1.45. The van der Waals surface area contributed by atoms with Gasteiger partial charge >= 0.3 is 0 Å². The van der Waals surface area contributed by atoms with Gasteiger partial charge in [0.2, 0.25) is 0 Å². The molecule has 16 heavy (non-hydrogen) atoms.